The Morgan fingerprint density at radius 1 is 1.24 bits per heavy atom. The monoisotopic (exact) mass is 478 g/mol. The largest absolute Gasteiger partial charge is 0.490 e. The lowest BCUT2D eigenvalue weighted by Crippen LogP contribution is -2.33. The van der Waals surface area contributed by atoms with Crippen molar-refractivity contribution in [3.63, 3.8) is 0 Å². The van der Waals surface area contributed by atoms with E-state index in [-0.39, 0.29) is 26.0 Å². The van der Waals surface area contributed by atoms with E-state index in [9.17, 15) is 23.1 Å². The Morgan fingerprint density at radius 2 is 1.97 bits per heavy atom. The van der Waals surface area contributed by atoms with Gasteiger partial charge in [-0.2, -0.15) is 13.2 Å². The molecule has 7 nitrogen and oxygen atoms in total. The predicted octanol–water partition coefficient (Wildman–Crippen LogP) is 3.91. The zero-order valence-corrected chi connectivity index (χ0v) is 19.6. The lowest BCUT2D eigenvalue weighted by atomic mass is 9.98. The molecule has 0 saturated heterocycles. The molecule has 0 spiro atoms. The number of halogens is 3. The Labute approximate surface area is 196 Å². The van der Waals surface area contributed by atoms with Crippen LogP contribution in [-0.2, 0) is 17.6 Å². The predicted molar refractivity (Wildman–Crippen MR) is 120 cm³/mol. The fourth-order valence-corrected chi connectivity index (χ4v) is 4.21. The van der Waals surface area contributed by atoms with Gasteiger partial charge in [0.1, 0.15) is 23.9 Å². The van der Waals surface area contributed by atoms with Crippen LogP contribution in [0.2, 0.25) is 0 Å². The lowest BCUT2D eigenvalue weighted by molar-refractivity contribution is -0.190. The smallest absolute Gasteiger partial charge is 0.394 e. The van der Waals surface area contributed by atoms with Crippen molar-refractivity contribution >= 4 is 11.6 Å². The van der Waals surface area contributed by atoms with Gasteiger partial charge < -0.3 is 14.7 Å². The summed E-state index contributed by atoms with van der Waals surface area (Å²) in [6.07, 6.45) is -0.874. The molecule has 184 valence electrons. The number of likely N-dealkylation sites (N-methyl/N-ethyl adjacent to an activating group) is 1. The molecule has 1 saturated carbocycles. The van der Waals surface area contributed by atoms with E-state index in [2.05, 4.69) is 15.0 Å². The van der Waals surface area contributed by atoms with Gasteiger partial charge in [-0.15, -0.1) is 0 Å². The number of fused-ring (bicyclic) bond motifs is 1. The summed E-state index contributed by atoms with van der Waals surface area (Å²) >= 11 is 0. The number of aryl methyl sites for hydroxylation is 1. The molecule has 0 radical (unpaired) electrons. The Kier molecular flexibility index (Phi) is 6.30. The molecule has 1 N–H and O–H groups in total. The van der Waals surface area contributed by atoms with Gasteiger partial charge in [-0.25, -0.2) is 9.97 Å². The zero-order valence-electron chi connectivity index (χ0n) is 19.6. The number of pyridine rings is 1. The molecular formula is C24H29F3N4O3. The number of ether oxygens (including phenoxy) is 1. The lowest BCUT2D eigenvalue weighted by Gasteiger charge is -2.23. The third-order valence-electron chi connectivity index (χ3n) is 6.23. The van der Waals surface area contributed by atoms with Gasteiger partial charge in [0.25, 0.3) is 0 Å². The summed E-state index contributed by atoms with van der Waals surface area (Å²) in [6, 6.07) is 3.35. The number of rotatable bonds is 9. The van der Waals surface area contributed by atoms with Crippen LogP contribution >= 0.6 is 0 Å². The van der Waals surface area contributed by atoms with E-state index in [0.717, 1.165) is 30.5 Å². The van der Waals surface area contributed by atoms with E-state index in [4.69, 9.17) is 4.74 Å². The maximum absolute atomic E-state index is 13.3. The molecule has 0 atom stereocenters. The van der Waals surface area contributed by atoms with Gasteiger partial charge in [0, 0.05) is 37.0 Å². The molecule has 2 aliphatic rings. The van der Waals surface area contributed by atoms with Crippen molar-refractivity contribution in [2.45, 2.75) is 64.1 Å². The van der Waals surface area contributed by atoms with E-state index in [1.807, 2.05) is 0 Å². The SMILES string of the molecule is CN(CC(=O)CC1(C(F)(F)F)CC1)c1nc(-c2cc(OCC(C)(C)O)ccn2)nc2c1CCC2. The highest BCUT2D eigenvalue weighted by Crippen LogP contribution is 2.60. The number of aliphatic hydroxyl groups is 1. The van der Waals surface area contributed by atoms with Crippen LogP contribution in [0.15, 0.2) is 18.3 Å². The van der Waals surface area contributed by atoms with E-state index >= 15 is 0 Å². The van der Waals surface area contributed by atoms with E-state index < -0.39 is 29.4 Å². The maximum atomic E-state index is 13.3. The fraction of sp³-hybridized carbons (Fsp3) is 0.583. The van der Waals surface area contributed by atoms with Crippen LogP contribution in [0.4, 0.5) is 19.0 Å². The van der Waals surface area contributed by atoms with Crippen molar-refractivity contribution in [3.05, 3.63) is 29.6 Å². The third-order valence-corrected chi connectivity index (χ3v) is 6.23. The van der Waals surface area contributed by atoms with Crippen LogP contribution in [0.25, 0.3) is 11.5 Å². The van der Waals surface area contributed by atoms with Crippen LogP contribution in [0.3, 0.4) is 0 Å². The molecule has 1 fully saturated rings. The second-order valence-electron chi connectivity index (χ2n) is 9.98. The Bertz CT molecular complexity index is 1080. The molecule has 0 aromatic carbocycles. The van der Waals surface area contributed by atoms with Crippen molar-refractivity contribution in [2.24, 2.45) is 5.41 Å². The third kappa shape index (κ3) is 5.32. The molecule has 34 heavy (non-hydrogen) atoms. The zero-order chi connectivity index (χ0) is 24.7. The number of ketones is 1. The minimum absolute atomic E-state index is 0.0105. The second-order valence-corrected chi connectivity index (χ2v) is 9.98. The van der Waals surface area contributed by atoms with E-state index in [1.54, 1.807) is 44.1 Å². The summed E-state index contributed by atoms with van der Waals surface area (Å²) in [5, 5.41) is 9.90. The number of hydrogen-bond donors (Lipinski definition) is 1. The number of hydrogen-bond acceptors (Lipinski definition) is 7. The number of anilines is 1. The van der Waals surface area contributed by atoms with E-state index in [0.29, 0.717) is 23.1 Å². The standard InChI is InChI=1S/C24H29F3N4O3/c1-22(2,33)14-34-16-7-10-28-19(11-16)20-29-18-6-4-5-17(18)21(30-20)31(3)13-15(32)12-23(8-9-23)24(25,26)27/h7,10-11,33H,4-6,8-9,12-14H2,1-3H3. The number of nitrogens with zero attached hydrogens (tertiary/aromatic N) is 4. The molecule has 0 unspecified atom stereocenters. The van der Waals surface area contributed by atoms with Gasteiger partial charge in [0.15, 0.2) is 11.6 Å². The molecule has 2 aromatic heterocycles. The first kappa shape index (κ1) is 24.4. The molecule has 0 amide bonds. The summed E-state index contributed by atoms with van der Waals surface area (Å²) in [5.41, 5.74) is -0.598. The summed E-state index contributed by atoms with van der Waals surface area (Å²) in [7, 11) is 1.67. The number of alkyl halides is 3. The van der Waals surface area contributed by atoms with Crippen LogP contribution in [0.1, 0.15) is 50.8 Å². The minimum atomic E-state index is -4.35. The quantitative estimate of drug-likeness (QED) is 0.585. The first-order valence-electron chi connectivity index (χ1n) is 11.4. The normalized spacial score (nSPS) is 16.8. The van der Waals surface area contributed by atoms with Crippen LogP contribution in [0.5, 0.6) is 5.75 Å². The van der Waals surface area contributed by atoms with Crippen molar-refractivity contribution < 1.29 is 27.8 Å². The van der Waals surface area contributed by atoms with Crippen molar-refractivity contribution in [3.8, 4) is 17.3 Å². The number of Topliss-reactive ketones (excluding diaryl/α,β-unsaturated/α-hetero) is 1. The first-order chi connectivity index (χ1) is 15.9. The molecule has 4 rings (SSSR count). The van der Waals surface area contributed by atoms with Gasteiger partial charge in [-0.3, -0.25) is 9.78 Å². The van der Waals surface area contributed by atoms with E-state index in [1.165, 1.54) is 0 Å². The minimum Gasteiger partial charge on any atom is -0.490 e. The summed E-state index contributed by atoms with van der Waals surface area (Å²) in [4.78, 5) is 27.8. The number of carbonyl (C=O) groups is 1. The Morgan fingerprint density at radius 3 is 2.62 bits per heavy atom. The fourth-order valence-electron chi connectivity index (χ4n) is 4.21. The van der Waals surface area contributed by atoms with Crippen molar-refractivity contribution in [2.75, 3.05) is 25.1 Å². The van der Waals surface area contributed by atoms with Gasteiger partial charge in [0.05, 0.1) is 17.6 Å². The van der Waals surface area contributed by atoms with Crippen LogP contribution in [0, 0.1) is 5.41 Å². The number of carbonyl (C=O) groups excluding carboxylic acids is 1. The molecule has 2 heterocycles. The highest BCUT2D eigenvalue weighted by molar-refractivity contribution is 5.84. The van der Waals surface area contributed by atoms with Crippen LogP contribution < -0.4 is 9.64 Å². The van der Waals surface area contributed by atoms with Gasteiger partial charge in [-0.1, -0.05) is 0 Å². The maximum Gasteiger partial charge on any atom is 0.394 e. The Hall–Kier alpha value is -2.75. The molecule has 10 heteroatoms. The average molecular weight is 479 g/mol. The molecule has 0 bridgehead atoms. The van der Waals surface area contributed by atoms with Gasteiger partial charge in [-0.05, 0) is 52.0 Å². The van der Waals surface area contributed by atoms with Crippen LogP contribution in [-0.4, -0.2) is 57.8 Å². The summed E-state index contributed by atoms with van der Waals surface area (Å²) in [5.74, 6) is 0.956. The Balaban J connectivity index is 1.55. The summed E-state index contributed by atoms with van der Waals surface area (Å²) < 4.78 is 45.5. The summed E-state index contributed by atoms with van der Waals surface area (Å²) in [6.45, 7) is 3.23. The highest BCUT2D eigenvalue weighted by Gasteiger charge is 2.63. The van der Waals surface area contributed by atoms with Crippen molar-refractivity contribution in [1.82, 2.24) is 15.0 Å². The molecule has 2 aliphatic carbocycles. The van der Waals surface area contributed by atoms with Gasteiger partial charge in [0.2, 0.25) is 0 Å². The number of aromatic nitrogens is 3. The molecule has 0 aliphatic heterocycles. The highest BCUT2D eigenvalue weighted by atomic mass is 19.4. The second kappa shape index (κ2) is 8.79. The first-order valence-corrected chi connectivity index (χ1v) is 11.4. The molecule has 2 aromatic rings. The topological polar surface area (TPSA) is 88.4 Å². The van der Waals surface area contributed by atoms with Crippen molar-refractivity contribution in [1.29, 1.82) is 0 Å². The molecular weight excluding hydrogens is 449 g/mol. The average Bonchev–Trinajstić information content (AvgIpc) is 3.38. The van der Waals surface area contributed by atoms with Gasteiger partial charge >= 0.3 is 6.18 Å².